The lowest BCUT2D eigenvalue weighted by Gasteiger charge is -2.19. The van der Waals surface area contributed by atoms with Crippen LogP contribution in [0.5, 0.6) is 0 Å². The van der Waals surface area contributed by atoms with Crippen LogP contribution in [0.1, 0.15) is 31.5 Å². The van der Waals surface area contributed by atoms with Gasteiger partial charge < -0.3 is 5.32 Å². The van der Waals surface area contributed by atoms with Gasteiger partial charge in [-0.1, -0.05) is 0 Å². The van der Waals surface area contributed by atoms with Crippen LogP contribution in [0.4, 0.5) is 0 Å². The highest BCUT2D eigenvalue weighted by Gasteiger charge is 2.22. The molecule has 3 nitrogen and oxygen atoms in total. The standard InChI is InChI=1S/C10H17N3/c1-8-5-7-13(12-8)9(2)10-4-3-6-11-10/h5,7,9-11H,3-4,6H2,1-2H3/t9-,10+/m1/s1. The average molecular weight is 179 g/mol. The molecule has 1 aromatic rings. The number of hydrogen-bond donors (Lipinski definition) is 1. The summed E-state index contributed by atoms with van der Waals surface area (Å²) in [6.45, 7) is 5.43. The zero-order valence-corrected chi connectivity index (χ0v) is 8.33. The van der Waals surface area contributed by atoms with Gasteiger partial charge in [-0.2, -0.15) is 5.10 Å². The van der Waals surface area contributed by atoms with Crippen molar-refractivity contribution in [2.45, 2.75) is 38.8 Å². The molecular weight excluding hydrogens is 162 g/mol. The van der Waals surface area contributed by atoms with Gasteiger partial charge in [-0.3, -0.25) is 4.68 Å². The molecule has 72 valence electrons. The summed E-state index contributed by atoms with van der Waals surface area (Å²) in [6, 6.07) is 3.15. The molecule has 1 saturated heterocycles. The molecule has 2 heterocycles. The molecule has 1 aliphatic heterocycles. The zero-order chi connectivity index (χ0) is 9.26. The van der Waals surface area contributed by atoms with Gasteiger partial charge >= 0.3 is 0 Å². The second kappa shape index (κ2) is 3.50. The van der Waals surface area contributed by atoms with E-state index in [9.17, 15) is 0 Å². The Balaban J connectivity index is 2.07. The molecule has 1 aliphatic rings. The molecule has 0 bridgehead atoms. The normalized spacial score (nSPS) is 24.9. The Morgan fingerprint density at radius 1 is 1.69 bits per heavy atom. The molecule has 0 amide bonds. The van der Waals surface area contributed by atoms with Crippen LogP contribution in [-0.2, 0) is 0 Å². The van der Waals surface area contributed by atoms with Crippen molar-refractivity contribution in [3.8, 4) is 0 Å². The van der Waals surface area contributed by atoms with Gasteiger partial charge in [0.15, 0.2) is 0 Å². The first kappa shape index (κ1) is 8.75. The van der Waals surface area contributed by atoms with Gasteiger partial charge in [0.1, 0.15) is 0 Å². The molecule has 0 spiro atoms. The fourth-order valence-electron chi connectivity index (χ4n) is 1.97. The third-order valence-corrected chi connectivity index (χ3v) is 2.84. The van der Waals surface area contributed by atoms with Crippen molar-refractivity contribution in [2.24, 2.45) is 0 Å². The summed E-state index contributed by atoms with van der Waals surface area (Å²) in [5.74, 6) is 0. The predicted molar refractivity (Wildman–Crippen MR) is 52.7 cm³/mol. The molecule has 2 atom stereocenters. The lowest BCUT2D eigenvalue weighted by molar-refractivity contribution is 0.378. The predicted octanol–water partition coefficient (Wildman–Crippen LogP) is 1.50. The molecule has 1 fully saturated rings. The van der Waals surface area contributed by atoms with Gasteiger partial charge in [0.2, 0.25) is 0 Å². The fraction of sp³-hybridized carbons (Fsp3) is 0.700. The van der Waals surface area contributed by atoms with Crippen LogP contribution in [0.15, 0.2) is 12.3 Å². The van der Waals surface area contributed by atoms with Crippen LogP contribution in [0, 0.1) is 6.92 Å². The molecule has 3 heteroatoms. The molecule has 2 rings (SSSR count). The molecule has 0 aromatic carbocycles. The van der Waals surface area contributed by atoms with Crippen molar-refractivity contribution in [1.82, 2.24) is 15.1 Å². The number of hydrogen-bond acceptors (Lipinski definition) is 2. The van der Waals surface area contributed by atoms with Crippen molar-refractivity contribution < 1.29 is 0 Å². The van der Waals surface area contributed by atoms with Gasteiger partial charge in [-0.15, -0.1) is 0 Å². The Kier molecular flexibility index (Phi) is 2.36. The van der Waals surface area contributed by atoms with Crippen LogP contribution in [0.25, 0.3) is 0 Å². The average Bonchev–Trinajstić information content (AvgIpc) is 2.72. The Morgan fingerprint density at radius 2 is 2.54 bits per heavy atom. The Morgan fingerprint density at radius 3 is 3.08 bits per heavy atom. The van der Waals surface area contributed by atoms with Gasteiger partial charge in [-0.25, -0.2) is 0 Å². The molecular formula is C10H17N3. The molecule has 0 aliphatic carbocycles. The highest BCUT2D eigenvalue weighted by molar-refractivity contribution is 4.97. The first-order valence-corrected chi connectivity index (χ1v) is 5.02. The molecule has 1 N–H and O–H groups in total. The summed E-state index contributed by atoms with van der Waals surface area (Å²) < 4.78 is 2.07. The van der Waals surface area contributed by atoms with E-state index in [-0.39, 0.29) is 0 Å². The van der Waals surface area contributed by atoms with E-state index in [4.69, 9.17) is 0 Å². The molecule has 0 radical (unpaired) electrons. The maximum Gasteiger partial charge on any atom is 0.0644 e. The van der Waals surface area contributed by atoms with Crippen LogP contribution in [0.2, 0.25) is 0 Å². The first-order chi connectivity index (χ1) is 6.27. The first-order valence-electron chi connectivity index (χ1n) is 5.02. The summed E-state index contributed by atoms with van der Waals surface area (Å²) in [4.78, 5) is 0. The number of nitrogens with zero attached hydrogens (tertiary/aromatic N) is 2. The summed E-state index contributed by atoms with van der Waals surface area (Å²) in [5, 5.41) is 7.94. The highest BCUT2D eigenvalue weighted by Crippen LogP contribution is 2.18. The van der Waals surface area contributed by atoms with Crippen molar-refractivity contribution >= 4 is 0 Å². The van der Waals surface area contributed by atoms with Gasteiger partial charge in [0.25, 0.3) is 0 Å². The number of rotatable bonds is 2. The summed E-state index contributed by atoms with van der Waals surface area (Å²) in [6.07, 6.45) is 4.65. The SMILES string of the molecule is Cc1ccn([C@H](C)[C@@H]2CCCN2)n1. The van der Waals surface area contributed by atoms with Crippen LogP contribution >= 0.6 is 0 Å². The van der Waals surface area contributed by atoms with Gasteiger partial charge in [0.05, 0.1) is 11.7 Å². The lowest BCUT2D eigenvalue weighted by Crippen LogP contribution is -2.31. The van der Waals surface area contributed by atoms with E-state index in [1.807, 2.05) is 6.92 Å². The van der Waals surface area contributed by atoms with E-state index in [2.05, 4.69) is 34.3 Å². The van der Waals surface area contributed by atoms with Crippen LogP contribution in [-0.4, -0.2) is 22.4 Å². The lowest BCUT2D eigenvalue weighted by atomic mass is 10.1. The van der Waals surface area contributed by atoms with Crippen molar-refractivity contribution in [3.63, 3.8) is 0 Å². The Labute approximate surface area is 79.1 Å². The maximum atomic E-state index is 4.43. The number of nitrogens with one attached hydrogen (secondary N) is 1. The monoisotopic (exact) mass is 179 g/mol. The topological polar surface area (TPSA) is 29.9 Å². The third-order valence-electron chi connectivity index (χ3n) is 2.84. The van der Waals surface area contributed by atoms with Crippen molar-refractivity contribution in [2.75, 3.05) is 6.54 Å². The van der Waals surface area contributed by atoms with Crippen molar-refractivity contribution in [3.05, 3.63) is 18.0 Å². The second-order valence-corrected chi connectivity index (χ2v) is 3.88. The maximum absolute atomic E-state index is 4.43. The summed E-state index contributed by atoms with van der Waals surface area (Å²) >= 11 is 0. The number of aryl methyl sites for hydroxylation is 1. The van der Waals surface area contributed by atoms with E-state index in [0.29, 0.717) is 12.1 Å². The van der Waals surface area contributed by atoms with Gasteiger partial charge in [-0.05, 0) is 39.3 Å². The molecule has 13 heavy (non-hydrogen) atoms. The van der Waals surface area contributed by atoms with E-state index in [0.717, 1.165) is 12.2 Å². The Bertz CT molecular complexity index is 273. The minimum absolute atomic E-state index is 0.483. The van der Waals surface area contributed by atoms with Crippen molar-refractivity contribution in [1.29, 1.82) is 0 Å². The Hall–Kier alpha value is -0.830. The second-order valence-electron chi connectivity index (χ2n) is 3.88. The quantitative estimate of drug-likeness (QED) is 0.745. The molecule has 1 aromatic heterocycles. The smallest absolute Gasteiger partial charge is 0.0644 e. The summed E-state index contributed by atoms with van der Waals surface area (Å²) in [7, 11) is 0. The molecule has 0 unspecified atom stereocenters. The molecule has 0 saturated carbocycles. The van der Waals surface area contributed by atoms with E-state index < -0.39 is 0 Å². The van der Waals surface area contributed by atoms with Crippen LogP contribution < -0.4 is 5.32 Å². The summed E-state index contributed by atoms with van der Waals surface area (Å²) in [5.41, 5.74) is 1.10. The van der Waals surface area contributed by atoms with E-state index in [1.54, 1.807) is 0 Å². The van der Waals surface area contributed by atoms with E-state index in [1.165, 1.54) is 12.8 Å². The van der Waals surface area contributed by atoms with E-state index >= 15 is 0 Å². The fourth-order valence-corrected chi connectivity index (χ4v) is 1.97. The third kappa shape index (κ3) is 1.75. The minimum Gasteiger partial charge on any atom is -0.312 e. The van der Waals surface area contributed by atoms with Crippen LogP contribution in [0.3, 0.4) is 0 Å². The van der Waals surface area contributed by atoms with Gasteiger partial charge in [0, 0.05) is 12.2 Å². The minimum atomic E-state index is 0.483. The highest BCUT2D eigenvalue weighted by atomic mass is 15.3. The zero-order valence-electron chi connectivity index (χ0n) is 8.33. The largest absolute Gasteiger partial charge is 0.312 e. The number of aromatic nitrogens is 2.